The topological polar surface area (TPSA) is 55.1 Å². The number of rotatable bonds is 5. The normalized spacial score (nSPS) is 14.9. The summed E-state index contributed by atoms with van der Waals surface area (Å²) in [4.78, 5) is 12.0. The summed E-state index contributed by atoms with van der Waals surface area (Å²) in [6.07, 6.45) is 1.44. The van der Waals surface area contributed by atoms with Gasteiger partial charge in [-0.2, -0.15) is 0 Å². The van der Waals surface area contributed by atoms with Crippen LogP contribution in [-0.4, -0.2) is 11.4 Å². The quantitative estimate of drug-likeness (QED) is 0.870. The van der Waals surface area contributed by atoms with Crippen LogP contribution in [0.15, 0.2) is 18.2 Å². The predicted octanol–water partition coefficient (Wildman–Crippen LogP) is 3.60. The molecule has 0 fully saturated rings. The van der Waals surface area contributed by atoms with E-state index in [0.29, 0.717) is 6.42 Å². The average Bonchev–Trinajstić information content (AvgIpc) is 2.32. The predicted molar refractivity (Wildman–Crippen MR) is 82.7 cm³/mol. The molecule has 2 unspecified atom stereocenters. The third-order valence-electron chi connectivity index (χ3n) is 3.08. The fraction of sp³-hybridized carbons (Fsp3) is 0.500. The molecule has 20 heavy (non-hydrogen) atoms. The van der Waals surface area contributed by atoms with Gasteiger partial charge < -0.3 is 11.1 Å². The van der Waals surface area contributed by atoms with E-state index in [1.807, 2.05) is 13.8 Å². The minimum atomic E-state index is -0.896. The van der Waals surface area contributed by atoms with E-state index >= 15 is 0 Å². The lowest BCUT2D eigenvalue weighted by molar-refractivity contribution is -0.126. The molecule has 0 bridgehead atoms. The Morgan fingerprint density at radius 3 is 2.65 bits per heavy atom. The van der Waals surface area contributed by atoms with Crippen LogP contribution in [-0.2, 0) is 4.79 Å². The molecule has 6 heteroatoms. The molecule has 1 aromatic carbocycles. The maximum absolute atomic E-state index is 13.1. The molecule has 3 N–H and O–H groups in total. The molecule has 0 heterocycles. The number of hydrogen-bond acceptors (Lipinski definition) is 2. The van der Waals surface area contributed by atoms with Gasteiger partial charge in [0.25, 0.3) is 0 Å². The summed E-state index contributed by atoms with van der Waals surface area (Å²) in [7, 11) is 0. The Labute approximate surface area is 130 Å². The van der Waals surface area contributed by atoms with Crippen LogP contribution in [0.4, 0.5) is 4.39 Å². The third-order valence-corrected chi connectivity index (χ3v) is 3.37. The molecule has 0 aromatic heterocycles. The molecular weight excluding hydrogens is 302 g/mol. The van der Waals surface area contributed by atoms with Crippen molar-refractivity contribution in [2.45, 2.75) is 45.2 Å². The van der Waals surface area contributed by atoms with Gasteiger partial charge in [-0.25, -0.2) is 4.39 Å². The highest BCUT2D eigenvalue weighted by molar-refractivity contribution is 6.30. The van der Waals surface area contributed by atoms with Gasteiger partial charge in [0, 0.05) is 0 Å². The number of amides is 1. The third kappa shape index (κ3) is 4.93. The summed E-state index contributed by atoms with van der Waals surface area (Å²) >= 11 is 5.72. The first-order chi connectivity index (χ1) is 8.77. The van der Waals surface area contributed by atoms with E-state index in [-0.39, 0.29) is 29.4 Å². The number of nitrogens with one attached hydrogen (secondary N) is 1. The molecular formula is C14H21Cl2FN2O. The summed E-state index contributed by atoms with van der Waals surface area (Å²) in [6, 6.07) is 4.12. The molecule has 0 aliphatic rings. The standard InChI is InChI=1S/C14H20ClFN2O.ClH/c1-4-7-14(3,17)13(19)18-9(2)10-5-6-12(16)11(15)8-10;/h5-6,8-9H,4,7,17H2,1-3H3,(H,18,19);1H. The number of carbonyl (C=O) groups excluding carboxylic acids is 1. The molecule has 0 spiro atoms. The van der Waals surface area contributed by atoms with Crippen molar-refractivity contribution in [2.75, 3.05) is 0 Å². The van der Waals surface area contributed by atoms with Crippen LogP contribution in [0.1, 0.15) is 45.2 Å². The summed E-state index contributed by atoms with van der Waals surface area (Å²) in [5.41, 5.74) is 5.80. The Morgan fingerprint density at radius 2 is 2.15 bits per heavy atom. The SMILES string of the molecule is CCCC(C)(N)C(=O)NC(C)c1ccc(F)c(Cl)c1.Cl. The summed E-state index contributed by atoms with van der Waals surface area (Å²) in [5, 5.41) is 2.87. The minimum absolute atomic E-state index is 0. The van der Waals surface area contributed by atoms with Crippen LogP contribution >= 0.6 is 24.0 Å². The molecule has 1 amide bonds. The molecule has 1 rings (SSSR count). The van der Waals surface area contributed by atoms with Gasteiger partial charge in [-0.05, 0) is 38.0 Å². The summed E-state index contributed by atoms with van der Waals surface area (Å²) < 4.78 is 13.1. The van der Waals surface area contributed by atoms with Gasteiger partial charge in [-0.3, -0.25) is 4.79 Å². The van der Waals surface area contributed by atoms with Gasteiger partial charge >= 0.3 is 0 Å². The van der Waals surface area contributed by atoms with Gasteiger partial charge in [-0.1, -0.05) is 31.0 Å². The Kier molecular flexibility index (Phi) is 7.49. The maximum atomic E-state index is 13.1. The number of nitrogens with two attached hydrogens (primary N) is 1. The zero-order chi connectivity index (χ0) is 14.6. The molecule has 0 aliphatic heterocycles. The number of benzene rings is 1. The van der Waals surface area contributed by atoms with E-state index in [1.165, 1.54) is 12.1 Å². The minimum Gasteiger partial charge on any atom is -0.348 e. The second-order valence-corrected chi connectivity index (χ2v) is 5.44. The Balaban J connectivity index is 0.00000361. The zero-order valence-corrected chi connectivity index (χ0v) is 13.4. The van der Waals surface area contributed by atoms with Gasteiger partial charge in [0.15, 0.2) is 0 Å². The first kappa shape index (κ1) is 19.2. The molecule has 0 radical (unpaired) electrons. The van der Waals surface area contributed by atoms with Gasteiger partial charge in [0.2, 0.25) is 5.91 Å². The lowest BCUT2D eigenvalue weighted by atomic mass is 9.95. The van der Waals surface area contributed by atoms with Gasteiger partial charge in [-0.15, -0.1) is 12.4 Å². The van der Waals surface area contributed by atoms with Crippen LogP contribution in [0.5, 0.6) is 0 Å². The smallest absolute Gasteiger partial charge is 0.240 e. The van der Waals surface area contributed by atoms with Crippen molar-refractivity contribution in [3.8, 4) is 0 Å². The molecule has 3 nitrogen and oxygen atoms in total. The number of hydrogen-bond donors (Lipinski definition) is 2. The van der Waals surface area contributed by atoms with E-state index in [9.17, 15) is 9.18 Å². The molecule has 1 aromatic rings. The van der Waals surface area contributed by atoms with E-state index in [0.717, 1.165) is 12.0 Å². The van der Waals surface area contributed by atoms with Crippen LogP contribution in [0.3, 0.4) is 0 Å². The van der Waals surface area contributed by atoms with Crippen molar-refractivity contribution in [1.82, 2.24) is 5.32 Å². The molecule has 2 atom stereocenters. The molecule has 0 saturated carbocycles. The average molecular weight is 323 g/mol. The first-order valence-corrected chi connectivity index (χ1v) is 6.70. The fourth-order valence-electron chi connectivity index (χ4n) is 1.86. The highest BCUT2D eigenvalue weighted by Crippen LogP contribution is 2.21. The second kappa shape index (κ2) is 7.81. The molecule has 0 aliphatic carbocycles. The van der Waals surface area contributed by atoms with Gasteiger partial charge in [0.05, 0.1) is 16.6 Å². The molecule has 114 valence electrons. The largest absolute Gasteiger partial charge is 0.348 e. The van der Waals surface area contributed by atoms with Gasteiger partial charge in [0.1, 0.15) is 5.82 Å². The second-order valence-electron chi connectivity index (χ2n) is 5.04. The van der Waals surface area contributed by atoms with E-state index in [4.69, 9.17) is 17.3 Å². The van der Waals surface area contributed by atoms with E-state index < -0.39 is 11.4 Å². The van der Waals surface area contributed by atoms with Crippen molar-refractivity contribution in [1.29, 1.82) is 0 Å². The van der Waals surface area contributed by atoms with Crippen LogP contribution < -0.4 is 11.1 Å². The Bertz CT molecular complexity index is 466. The zero-order valence-electron chi connectivity index (χ0n) is 11.9. The maximum Gasteiger partial charge on any atom is 0.240 e. The summed E-state index contributed by atoms with van der Waals surface area (Å²) in [5.74, 6) is -0.694. The van der Waals surface area contributed by atoms with Crippen molar-refractivity contribution in [3.05, 3.63) is 34.6 Å². The Hall–Kier alpha value is -0.840. The summed E-state index contributed by atoms with van der Waals surface area (Å²) in [6.45, 7) is 5.49. The first-order valence-electron chi connectivity index (χ1n) is 6.32. The lowest BCUT2D eigenvalue weighted by Gasteiger charge is -2.25. The van der Waals surface area contributed by atoms with Crippen molar-refractivity contribution in [3.63, 3.8) is 0 Å². The van der Waals surface area contributed by atoms with Crippen LogP contribution in [0.2, 0.25) is 5.02 Å². The van der Waals surface area contributed by atoms with E-state index in [2.05, 4.69) is 5.32 Å². The monoisotopic (exact) mass is 322 g/mol. The number of halogens is 3. The highest BCUT2D eigenvalue weighted by atomic mass is 35.5. The Morgan fingerprint density at radius 1 is 1.55 bits per heavy atom. The van der Waals surface area contributed by atoms with Crippen LogP contribution in [0.25, 0.3) is 0 Å². The van der Waals surface area contributed by atoms with E-state index in [1.54, 1.807) is 13.0 Å². The highest BCUT2D eigenvalue weighted by Gasteiger charge is 2.28. The van der Waals surface area contributed by atoms with Crippen LogP contribution in [0, 0.1) is 5.82 Å². The lowest BCUT2D eigenvalue weighted by Crippen LogP contribution is -2.52. The van der Waals surface area contributed by atoms with Crippen molar-refractivity contribution in [2.24, 2.45) is 5.73 Å². The van der Waals surface area contributed by atoms with Crippen molar-refractivity contribution >= 4 is 29.9 Å². The fourth-order valence-corrected chi connectivity index (χ4v) is 2.05. The van der Waals surface area contributed by atoms with Crippen molar-refractivity contribution < 1.29 is 9.18 Å². The number of carbonyl (C=O) groups is 1. The molecule has 0 saturated heterocycles.